The van der Waals surface area contributed by atoms with E-state index in [-0.39, 0.29) is 24.2 Å². The monoisotopic (exact) mass is 335 g/mol. The lowest BCUT2D eigenvalue weighted by Crippen LogP contribution is -2.30. The summed E-state index contributed by atoms with van der Waals surface area (Å²) in [6.07, 6.45) is 0.793. The van der Waals surface area contributed by atoms with Gasteiger partial charge in [-0.05, 0) is 30.0 Å². The van der Waals surface area contributed by atoms with Crippen molar-refractivity contribution < 1.29 is 14.3 Å². The molecule has 0 radical (unpaired) electrons. The Labute approximate surface area is 137 Å². The van der Waals surface area contributed by atoms with Crippen molar-refractivity contribution in [3.63, 3.8) is 0 Å². The Morgan fingerprint density at radius 3 is 2.68 bits per heavy atom. The molecule has 116 valence electrons. The number of benzene rings is 1. The highest BCUT2D eigenvalue weighted by atomic mass is 32.2. The first-order valence-corrected chi connectivity index (χ1v) is 8.73. The number of thiophene rings is 1. The Balaban J connectivity index is 1.56. The summed E-state index contributed by atoms with van der Waals surface area (Å²) < 4.78 is 4.94. The van der Waals surface area contributed by atoms with E-state index in [1.165, 1.54) is 16.6 Å². The van der Waals surface area contributed by atoms with Crippen LogP contribution in [-0.4, -0.2) is 30.8 Å². The third kappa shape index (κ3) is 6.32. The molecule has 0 aliphatic rings. The fourth-order valence-corrected chi connectivity index (χ4v) is 3.10. The molecule has 0 fully saturated rings. The molecular weight excluding hydrogens is 318 g/mol. The first-order chi connectivity index (χ1) is 10.7. The van der Waals surface area contributed by atoms with Crippen LogP contribution in [-0.2, 0) is 20.7 Å². The summed E-state index contributed by atoms with van der Waals surface area (Å²) in [6, 6.07) is 13.6. The fourth-order valence-electron chi connectivity index (χ4n) is 1.68. The maximum Gasteiger partial charge on any atom is 0.316 e. The minimum atomic E-state index is -0.387. The molecule has 1 amide bonds. The number of thioether (sulfide) groups is 1. The Morgan fingerprint density at radius 2 is 1.95 bits per heavy atom. The highest BCUT2D eigenvalue weighted by molar-refractivity contribution is 8.00. The van der Waals surface area contributed by atoms with Gasteiger partial charge in [0.1, 0.15) is 0 Å². The van der Waals surface area contributed by atoms with Crippen LogP contribution in [0.1, 0.15) is 4.88 Å². The molecule has 1 N–H and O–H groups in total. The summed E-state index contributed by atoms with van der Waals surface area (Å²) in [5.74, 6) is -0.455. The molecule has 0 saturated heterocycles. The second-order valence-corrected chi connectivity index (χ2v) is 6.52. The predicted octanol–water partition coefficient (Wildman–Crippen LogP) is 2.74. The van der Waals surface area contributed by atoms with Gasteiger partial charge in [-0.1, -0.05) is 24.3 Å². The lowest BCUT2D eigenvalue weighted by atomic mass is 10.3. The minimum Gasteiger partial charge on any atom is -0.455 e. The van der Waals surface area contributed by atoms with Crippen LogP contribution < -0.4 is 5.32 Å². The van der Waals surface area contributed by atoms with Crippen LogP contribution in [0.15, 0.2) is 52.7 Å². The molecule has 0 aliphatic heterocycles. The van der Waals surface area contributed by atoms with Gasteiger partial charge in [-0.15, -0.1) is 23.1 Å². The van der Waals surface area contributed by atoms with E-state index < -0.39 is 0 Å². The van der Waals surface area contributed by atoms with Gasteiger partial charge in [0.2, 0.25) is 0 Å². The zero-order chi connectivity index (χ0) is 15.6. The van der Waals surface area contributed by atoms with Gasteiger partial charge < -0.3 is 10.1 Å². The van der Waals surface area contributed by atoms with Crippen molar-refractivity contribution in [2.45, 2.75) is 11.3 Å². The number of rotatable bonds is 8. The molecule has 2 aromatic rings. The van der Waals surface area contributed by atoms with Crippen molar-refractivity contribution in [3.05, 3.63) is 52.7 Å². The largest absolute Gasteiger partial charge is 0.455 e. The number of amides is 1. The second-order valence-electron chi connectivity index (χ2n) is 4.44. The highest BCUT2D eigenvalue weighted by Crippen LogP contribution is 2.16. The molecule has 2 rings (SSSR count). The molecule has 1 aromatic heterocycles. The number of hydrogen-bond acceptors (Lipinski definition) is 5. The van der Waals surface area contributed by atoms with E-state index in [0.717, 1.165) is 11.3 Å². The van der Waals surface area contributed by atoms with Gasteiger partial charge in [0.25, 0.3) is 5.91 Å². The Bertz CT molecular complexity index is 585. The smallest absolute Gasteiger partial charge is 0.316 e. The summed E-state index contributed by atoms with van der Waals surface area (Å²) in [5, 5.41) is 4.74. The van der Waals surface area contributed by atoms with Crippen LogP contribution in [0, 0.1) is 0 Å². The molecule has 4 nitrogen and oxygen atoms in total. The molecule has 0 saturated carbocycles. The van der Waals surface area contributed by atoms with Crippen LogP contribution in [0.25, 0.3) is 0 Å². The van der Waals surface area contributed by atoms with Gasteiger partial charge in [0.15, 0.2) is 6.61 Å². The first-order valence-electron chi connectivity index (χ1n) is 6.86. The standard InChI is InChI=1S/C16H17NO3S2/c18-15(17-9-8-14-7-4-10-21-14)11-20-16(19)12-22-13-5-2-1-3-6-13/h1-7,10H,8-9,11-12H2,(H,17,18). The van der Waals surface area contributed by atoms with Crippen LogP contribution in [0.5, 0.6) is 0 Å². The third-order valence-electron chi connectivity index (χ3n) is 2.74. The lowest BCUT2D eigenvalue weighted by molar-refractivity contribution is -0.145. The average Bonchev–Trinajstić information content (AvgIpc) is 3.05. The Kier molecular flexibility index (Phi) is 6.99. The van der Waals surface area contributed by atoms with Crippen molar-refractivity contribution in [1.29, 1.82) is 0 Å². The maximum absolute atomic E-state index is 11.6. The minimum absolute atomic E-state index is 0.201. The molecule has 0 bridgehead atoms. The van der Waals surface area contributed by atoms with E-state index in [1.54, 1.807) is 11.3 Å². The van der Waals surface area contributed by atoms with E-state index in [9.17, 15) is 9.59 Å². The number of carbonyl (C=O) groups is 2. The van der Waals surface area contributed by atoms with E-state index in [2.05, 4.69) is 5.32 Å². The van der Waals surface area contributed by atoms with Crippen molar-refractivity contribution >= 4 is 35.0 Å². The van der Waals surface area contributed by atoms with Gasteiger partial charge in [-0.2, -0.15) is 0 Å². The predicted molar refractivity (Wildman–Crippen MR) is 89.2 cm³/mol. The van der Waals surface area contributed by atoms with Crippen LogP contribution in [0.4, 0.5) is 0 Å². The van der Waals surface area contributed by atoms with Gasteiger partial charge in [-0.3, -0.25) is 9.59 Å². The van der Waals surface area contributed by atoms with Gasteiger partial charge in [0, 0.05) is 16.3 Å². The normalized spacial score (nSPS) is 10.2. The molecule has 22 heavy (non-hydrogen) atoms. The van der Waals surface area contributed by atoms with Crippen LogP contribution >= 0.6 is 23.1 Å². The molecule has 0 atom stereocenters. The third-order valence-corrected chi connectivity index (χ3v) is 4.66. The highest BCUT2D eigenvalue weighted by Gasteiger charge is 2.08. The molecule has 0 spiro atoms. The summed E-state index contributed by atoms with van der Waals surface area (Å²) in [5.41, 5.74) is 0. The number of nitrogens with one attached hydrogen (secondary N) is 1. The van der Waals surface area contributed by atoms with Crippen molar-refractivity contribution in [1.82, 2.24) is 5.32 Å². The number of esters is 1. The van der Waals surface area contributed by atoms with Gasteiger partial charge >= 0.3 is 5.97 Å². The molecule has 0 unspecified atom stereocenters. The van der Waals surface area contributed by atoms with Crippen molar-refractivity contribution in [2.24, 2.45) is 0 Å². The maximum atomic E-state index is 11.6. The SMILES string of the molecule is O=C(COC(=O)CSc1ccccc1)NCCc1cccs1. The van der Waals surface area contributed by atoms with E-state index in [1.807, 2.05) is 47.8 Å². The van der Waals surface area contributed by atoms with Crippen molar-refractivity contribution in [2.75, 3.05) is 18.9 Å². The average molecular weight is 335 g/mol. The zero-order valence-corrected chi connectivity index (χ0v) is 13.6. The lowest BCUT2D eigenvalue weighted by Gasteiger charge is -2.06. The fraction of sp³-hybridized carbons (Fsp3) is 0.250. The topological polar surface area (TPSA) is 55.4 Å². The zero-order valence-electron chi connectivity index (χ0n) is 12.0. The van der Waals surface area contributed by atoms with Crippen LogP contribution in [0.3, 0.4) is 0 Å². The Hall–Kier alpha value is -1.79. The van der Waals surface area contributed by atoms with E-state index in [4.69, 9.17) is 4.74 Å². The van der Waals surface area contributed by atoms with E-state index >= 15 is 0 Å². The summed E-state index contributed by atoms with van der Waals surface area (Å²) >= 11 is 3.05. The summed E-state index contributed by atoms with van der Waals surface area (Å²) in [7, 11) is 0. The number of ether oxygens (including phenoxy) is 1. The molecule has 6 heteroatoms. The summed E-state index contributed by atoms with van der Waals surface area (Å²) in [4.78, 5) is 25.3. The Morgan fingerprint density at radius 1 is 1.14 bits per heavy atom. The quantitative estimate of drug-likeness (QED) is 0.595. The molecular formula is C16H17NO3S2. The van der Waals surface area contributed by atoms with Gasteiger partial charge in [-0.25, -0.2) is 0 Å². The molecule has 1 heterocycles. The molecule has 1 aromatic carbocycles. The second kappa shape index (κ2) is 9.27. The summed E-state index contributed by atoms with van der Waals surface area (Å²) in [6.45, 7) is 0.328. The van der Waals surface area contributed by atoms with Gasteiger partial charge in [0.05, 0.1) is 5.75 Å². The molecule has 0 aliphatic carbocycles. The number of carbonyl (C=O) groups excluding carboxylic acids is 2. The van der Waals surface area contributed by atoms with Crippen LogP contribution in [0.2, 0.25) is 0 Å². The first kappa shape index (κ1) is 16.6. The van der Waals surface area contributed by atoms with Crippen molar-refractivity contribution in [3.8, 4) is 0 Å². The van der Waals surface area contributed by atoms with E-state index in [0.29, 0.717) is 6.54 Å². The number of hydrogen-bond donors (Lipinski definition) is 1.